The molecule has 1 aliphatic rings. The van der Waals surface area contributed by atoms with Crippen LogP contribution in [0.25, 0.3) is 10.9 Å². The number of aromatic nitrogens is 1. The molecule has 3 aromatic carbocycles. The quantitative estimate of drug-likeness (QED) is 0.255. The van der Waals surface area contributed by atoms with Gasteiger partial charge in [-0.05, 0) is 59.6 Å². The predicted molar refractivity (Wildman–Crippen MR) is 153 cm³/mol. The third-order valence-corrected chi connectivity index (χ3v) is 7.52. The van der Waals surface area contributed by atoms with Crippen molar-refractivity contribution in [2.75, 3.05) is 19.6 Å². The van der Waals surface area contributed by atoms with Crippen LogP contribution in [0.5, 0.6) is 0 Å². The number of carbonyl (C=O) groups excluding carboxylic acids is 2. The molecule has 1 saturated carbocycles. The highest BCUT2D eigenvalue weighted by atomic mass is 19.1. The van der Waals surface area contributed by atoms with Crippen molar-refractivity contribution in [3.63, 3.8) is 0 Å². The van der Waals surface area contributed by atoms with Crippen LogP contribution < -0.4 is 0 Å². The van der Waals surface area contributed by atoms with Gasteiger partial charge in [-0.3, -0.25) is 9.59 Å². The molecule has 1 aliphatic carbocycles. The molecular formula is C33H36FN3O2. The van der Waals surface area contributed by atoms with Crippen LogP contribution in [-0.2, 0) is 22.6 Å². The lowest BCUT2D eigenvalue weighted by Gasteiger charge is -2.29. The molecule has 1 N–H and O–H groups in total. The van der Waals surface area contributed by atoms with Crippen LogP contribution in [0.1, 0.15) is 42.9 Å². The molecule has 0 aliphatic heterocycles. The highest BCUT2D eigenvalue weighted by molar-refractivity contribution is 5.88. The summed E-state index contributed by atoms with van der Waals surface area (Å²) in [5.41, 5.74) is 4.25. The zero-order valence-corrected chi connectivity index (χ0v) is 22.6. The molecule has 2 atom stereocenters. The lowest BCUT2D eigenvalue weighted by Crippen LogP contribution is -2.45. The van der Waals surface area contributed by atoms with E-state index in [-0.39, 0.29) is 41.9 Å². The minimum atomic E-state index is -0.304. The number of carbonyl (C=O) groups is 2. The summed E-state index contributed by atoms with van der Waals surface area (Å²) >= 11 is 0. The van der Waals surface area contributed by atoms with Crippen molar-refractivity contribution in [2.24, 2.45) is 11.8 Å². The molecule has 1 fully saturated rings. The van der Waals surface area contributed by atoms with Crippen molar-refractivity contribution >= 4 is 22.7 Å². The van der Waals surface area contributed by atoms with Crippen molar-refractivity contribution in [3.8, 4) is 0 Å². The second-order valence-corrected chi connectivity index (χ2v) is 11.0. The number of halogens is 1. The van der Waals surface area contributed by atoms with E-state index < -0.39 is 0 Å². The molecule has 5 nitrogen and oxygen atoms in total. The van der Waals surface area contributed by atoms with Gasteiger partial charge in [0, 0.05) is 42.7 Å². The van der Waals surface area contributed by atoms with Gasteiger partial charge in [-0.1, -0.05) is 74.5 Å². The SMILES string of the molecule is CC(C)CN(CC(=O)N(CCc1c[nH]c2ccccc12)Cc1ccc(F)cc1)C(=O)[C@H]1C[C@H]1c1ccccc1. The summed E-state index contributed by atoms with van der Waals surface area (Å²) in [6, 6.07) is 24.5. The Balaban J connectivity index is 1.32. The van der Waals surface area contributed by atoms with E-state index in [2.05, 4.69) is 37.0 Å². The number of fused-ring (bicyclic) bond motifs is 1. The van der Waals surface area contributed by atoms with Gasteiger partial charge >= 0.3 is 0 Å². The summed E-state index contributed by atoms with van der Waals surface area (Å²) in [7, 11) is 0. The summed E-state index contributed by atoms with van der Waals surface area (Å²) in [5, 5.41) is 1.14. The Morgan fingerprint density at radius 3 is 2.41 bits per heavy atom. The number of nitrogens with zero attached hydrogens (tertiary/aromatic N) is 2. The zero-order chi connectivity index (χ0) is 27.4. The van der Waals surface area contributed by atoms with Crippen LogP contribution in [0.3, 0.4) is 0 Å². The van der Waals surface area contributed by atoms with Crippen LogP contribution in [0.4, 0.5) is 4.39 Å². The third kappa shape index (κ3) is 6.56. The number of H-pyrrole nitrogens is 1. The molecule has 5 rings (SSSR count). The third-order valence-electron chi connectivity index (χ3n) is 7.52. The van der Waals surface area contributed by atoms with Crippen molar-refractivity contribution < 1.29 is 14.0 Å². The maximum atomic E-state index is 13.8. The standard InChI is InChI=1S/C33H36FN3O2/c1-23(2)20-37(33(39)30-18-29(30)25-8-4-3-5-9-25)22-32(38)36(21-24-12-14-27(34)15-13-24)17-16-26-19-35-31-11-7-6-10-28(26)31/h3-15,19,23,29-30,35H,16-18,20-22H2,1-2H3/t29-,30-/m0/s1. The number of hydrogen-bond acceptors (Lipinski definition) is 2. The molecule has 0 unspecified atom stereocenters. The Bertz CT molecular complexity index is 1410. The number of para-hydroxylation sites is 1. The maximum absolute atomic E-state index is 13.8. The zero-order valence-electron chi connectivity index (χ0n) is 22.6. The second-order valence-electron chi connectivity index (χ2n) is 11.0. The summed E-state index contributed by atoms with van der Waals surface area (Å²) in [5.74, 6) is 0.0553. The molecule has 2 amide bonds. The molecule has 0 saturated heterocycles. The number of rotatable bonds is 11. The average molecular weight is 526 g/mol. The fraction of sp³-hybridized carbons (Fsp3) is 0.333. The van der Waals surface area contributed by atoms with Crippen molar-refractivity contribution in [2.45, 2.75) is 39.2 Å². The van der Waals surface area contributed by atoms with E-state index in [1.807, 2.05) is 42.6 Å². The highest BCUT2D eigenvalue weighted by Crippen LogP contribution is 2.48. The van der Waals surface area contributed by atoms with Gasteiger partial charge in [-0.15, -0.1) is 0 Å². The molecule has 0 bridgehead atoms. The Hall–Kier alpha value is -3.93. The fourth-order valence-electron chi connectivity index (χ4n) is 5.40. The summed E-state index contributed by atoms with van der Waals surface area (Å²) in [6.45, 7) is 5.58. The van der Waals surface area contributed by atoms with Crippen molar-refractivity contribution in [1.29, 1.82) is 0 Å². The molecule has 0 spiro atoms. The van der Waals surface area contributed by atoms with E-state index in [4.69, 9.17) is 0 Å². The number of hydrogen-bond donors (Lipinski definition) is 1. The molecule has 202 valence electrons. The average Bonchev–Trinajstić information content (AvgIpc) is 3.64. The van der Waals surface area contributed by atoms with Gasteiger partial charge in [0.25, 0.3) is 0 Å². The first-order chi connectivity index (χ1) is 18.9. The van der Waals surface area contributed by atoms with E-state index >= 15 is 0 Å². The van der Waals surface area contributed by atoms with Gasteiger partial charge in [-0.2, -0.15) is 0 Å². The number of aromatic amines is 1. The van der Waals surface area contributed by atoms with E-state index in [0.717, 1.165) is 28.5 Å². The minimum absolute atomic E-state index is 0.0457. The first-order valence-electron chi connectivity index (χ1n) is 13.8. The topological polar surface area (TPSA) is 56.4 Å². The molecule has 6 heteroatoms. The van der Waals surface area contributed by atoms with Crippen LogP contribution in [-0.4, -0.2) is 46.2 Å². The van der Waals surface area contributed by atoms with Crippen LogP contribution in [0.15, 0.2) is 85.1 Å². The number of nitrogens with one attached hydrogen (secondary N) is 1. The highest BCUT2D eigenvalue weighted by Gasteiger charge is 2.46. The lowest BCUT2D eigenvalue weighted by molar-refractivity contribution is -0.142. The van der Waals surface area contributed by atoms with Gasteiger partial charge in [0.2, 0.25) is 11.8 Å². The fourth-order valence-corrected chi connectivity index (χ4v) is 5.40. The molecule has 1 heterocycles. The molecular weight excluding hydrogens is 489 g/mol. The number of amides is 2. The predicted octanol–water partition coefficient (Wildman–Crippen LogP) is 6.17. The Labute approximate surface area is 229 Å². The Kier molecular flexibility index (Phi) is 8.10. The maximum Gasteiger partial charge on any atom is 0.242 e. The normalized spacial score (nSPS) is 16.4. The summed E-state index contributed by atoms with van der Waals surface area (Å²) < 4.78 is 13.6. The Morgan fingerprint density at radius 1 is 0.949 bits per heavy atom. The first-order valence-corrected chi connectivity index (χ1v) is 13.8. The van der Waals surface area contributed by atoms with Gasteiger partial charge < -0.3 is 14.8 Å². The van der Waals surface area contributed by atoms with Crippen LogP contribution in [0, 0.1) is 17.7 Å². The van der Waals surface area contributed by atoms with Gasteiger partial charge in [0.1, 0.15) is 5.82 Å². The van der Waals surface area contributed by atoms with E-state index in [1.54, 1.807) is 21.9 Å². The lowest BCUT2D eigenvalue weighted by atomic mass is 10.1. The molecule has 39 heavy (non-hydrogen) atoms. The summed E-state index contributed by atoms with van der Waals surface area (Å²) in [6.07, 6.45) is 3.50. The van der Waals surface area contributed by atoms with Crippen molar-refractivity contribution in [3.05, 3.63) is 108 Å². The Morgan fingerprint density at radius 2 is 1.67 bits per heavy atom. The monoisotopic (exact) mass is 525 g/mol. The van der Waals surface area contributed by atoms with Crippen LogP contribution in [0.2, 0.25) is 0 Å². The molecule has 0 radical (unpaired) electrons. The molecule has 1 aromatic heterocycles. The van der Waals surface area contributed by atoms with Crippen LogP contribution >= 0.6 is 0 Å². The van der Waals surface area contributed by atoms with E-state index in [1.165, 1.54) is 17.7 Å². The van der Waals surface area contributed by atoms with Gasteiger partial charge in [0.15, 0.2) is 0 Å². The number of benzene rings is 3. The van der Waals surface area contributed by atoms with E-state index in [9.17, 15) is 14.0 Å². The minimum Gasteiger partial charge on any atom is -0.361 e. The van der Waals surface area contributed by atoms with E-state index in [0.29, 0.717) is 26.1 Å². The smallest absolute Gasteiger partial charge is 0.242 e. The largest absolute Gasteiger partial charge is 0.361 e. The second kappa shape index (κ2) is 11.9. The van der Waals surface area contributed by atoms with Crippen molar-refractivity contribution in [1.82, 2.24) is 14.8 Å². The van der Waals surface area contributed by atoms with Gasteiger partial charge in [0.05, 0.1) is 6.54 Å². The summed E-state index contributed by atoms with van der Waals surface area (Å²) in [4.78, 5) is 34.2. The molecule has 4 aromatic rings. The first kappa shape index (κ1) is 26.7. The van der Waals surface area contributed by atoms with Gasteiger partial charge in [-0.25, -0.2) is 4.39 Å².